The molecule has 0 saturated carbocycles. The fourth-order valence-electron chi connectivity index (χ4n) is 4.47. The number of aromatic nitrogens is 2. The summed E-state index contributed by atoms with van der Waals surface area (Å²) in [4.78, 5) is 18.5. The first-order valence-electron chi connectivity index (χ1n) is 11.5. The Bertz CT molecular complexity index is 1670. The van der Waals surface area contributed by atoms with Crippen molar-refractivity contribution in [2.45, 2.75) is 20.8 Å². The van der Waals surface area contributed by atoms with E-state index in [4.69, 9.17) is 14.1 Å². The summed E-state index contributed by atoms with van der Waals surface area (Å²) in [5.41, 5.74) is 5.58. The normalized spacial score (nSPS) is 11.9. The van der Waals surface area contributed by atoms with Gasteiger partial charge in [0.15, 0.2) is 5.69 Å². The van der Waals surface area contributed by atoms with E-state index < -0.39 is 0 Å². The summed E-state index contributed by atoms with van der Waals surface area (Å²) >= 11 is 0. The molecule has 0 unspecified atom stereocenters. The van der Waals surface area contributed by atoms with E-state index in [0.717, 1.165) is 44.8 Å². The maximum atomic E-state index is 13.5. The Morgan fingerprint density at radius 3 is 2.31 bits per heavy atom. The van der Waals surface area contributed by atoms with E-state index in [0.29, 0.717) is 16.8 Å². The number of ether oxygens (including phenoxy) is 1. The van der Waals surface area contributed by atoms with E-state index in [2.05, 4.69) is 6.07 Å². The molecule has 0 atom stereocenters. The Kier molecular flexibility index (Phi) is 5.65. The average Bonchev–Trinajstić information content (AvgIpc) is 3.07. The molecule has 0 fully saturated rings. The van der Waals surface area contributed by atoms with Gasteiger partial charge in [0.25, 0.3) is 5.56 Å². The van der Waals surface area contributed by atoms with E-state index in [1.807, 2.05) is 99.2 Å². The van der Waals surface area contributed by atoms with Crippen LogP contribution in [0.2, 0.25) is 0 Å². The number of hydrogen-bond acceptors (Lipinski definition) is 4. The lowest BCUT2D eigenvalue weighted by Crippen LogP contribution is -2.19. The molecular formula is C29H27N3O3. The van der Waals surface area contributed by atoms with Gasteiger partial charge in [-0.2, -0.15) is 0 Å². The number of para-hydroxylation sites is 1. The monoisotopic (exact) mass is 465 g/mol. The number of aryl methyl sites for hydroxylation is 2. The van der Waals surface area contributed by atoms with E-state index >= 15 is 0 Å². The molecule has 2 heterocycles. The lowest BCUT2D eigenvalue weighted by Gasteiger charge is -2.09. The molecule has 3 aromatic carbocycles. The van der Waals surface area contributed by atoms with Crippen LogP contribution in [0.25, 0.3) is 28.0 Å². The van der Waals surface area contributed by atoms with Gasteiger partial charge < -0.3 is 9.15 Å². The van der Waals surface area contributed by atoms with Crippen molar-refractivity contribution in [1.82, 2.24) is 9.36 Å². The molecular weight excluding hydrogens is 438 g/mol. The third kappa shape index (κ3) is 3.97. The number of fused-ring (bicyclic) bond motifs is 1. The molecule has 6 nitrogen and oxygen atoms in total. The molecule has 5 aromatic rings. The molecule has 176 valence electrons. The second-order valence-corrected chi connectivity index (χ2v) is 8.70. The smallest absolute Gasteiger partial charge is 0.297 e. The van der Waals surface area contributed by atoms with Gasteiger partial charge in [-0.25, -0.2) is 9.67 Å². The van der Waals surface area contributed by atoms with Gasteiger partial charge in [0.1, 0.15) is 17.1 Å². The highest BCUT2D eigenvalue weighted by molar-refractivity contribution is 5.82. The molecule has 0 aliphatic rings. The summed E-state index contributed by atoms with van der Waals surface area (Å²) in [7, 11) is 3.51. The SMILES string of the molecule is COc1ccc(-c2cc(=Nc3c(C)n(C)n(-c4ccccc4)c3=O)c3c(C)cc(C)cc3o2)cc1. The second kappa shape index (κ2) is 8.80. The first-order valence-corrected chi connectivity index (χ1v) is 11.5. The highest BCUT2D eigenvalue weighted by atomic mass is 16.5. The van der Waals surface area contributed by atoms with Crippen LogP contribution in [0.4, 0.5) is 5.69 Å². The Hall–Kier alpha value is -4.32. The Labute approximate surface area is 203 Å². The van der Waals surface area contributed by atoms with Crippen molar-refractivity contribution in [2.24, 2.45) is 12.0 Å². The van der Waals surface area contributed by atoms with Crippen molar-refractivity contribution in [1.29, 1.82) is 0 Å². The van der Waals surface area contributed by atoms with Gasteiger partial charge in [-0.15, -0.1) is 0 Å². The molecule has 0 spiro atoms. The highest BCUT2D eigenvalue weighted by Gasteiger charge is 2.17. The van der Waals surface area contributed by atoms with Gasteiger partial charge >= 0.3 is 0 Å². The van der Waals surface area contributed by atoms with Crippen molar-refractivity contribution in [3.8, 4) is 22.8 Å². The van der Waals surface area contributed by atoms with Gasteiger partial charge in [-0.3, -0.25) is 9.48 Å². The summed E-state index contributed by atoms with van der Waals surface area (Å²) in [6.45, 7) is 5.99. The van der Waals surface area contributed by atoms with Crippen molar-refractivity contribution >= 4 is 16.7 Å². The van der Waals surface area contributed by atoms with Crippen LogP contribution in [-0.4, -0.2) is 16.5 Å². The standard InChI is InChI=1S/C29H27N3O3/c1-18-15-19(2)27-24(17-25(35-26(27)16-18)21-11-13-23(34-5)14-12-21)30-28-20(3)31(4)32(29(28)33)22-9-7-6-8-10-22/h6-17H,1-5H3. The van der Waals surface area contributed by atoms with Crippen LogP contribution >= 0.6 is 0 Å². The molecule has 2 aromatic heterocycles. The van der Waals surface area contributed by atoms with Crippen molar-refractivity contribution in [3.05, 3.63) is 105 Å². The maximum Gasteiger partial charge on any atom is 0.297 e. The van der Waals surface area contributed by atoms with Crippen molar-refractivity contribution in [3.63, 3.8) is 0 Å². The second-order valence-electron chi connectivity index (χ2n) is 8.70. The minimum atomic E-state index is -0.166. The predicted molar refractivity (Wildman–Crippen MR) is 139 cm³/mol. The Morgan fingerprint density at radius 2 is 1.63 bits per heavy atom. The number of benzene rings is 3. The fraction of sp³-hybridized carbons (Fsp3) is 0.172. The summed E-state index contributed by atoms with van der Waals surface area (Å²) in [5.74, 6) is 1.44. The van der Waals surface area contributed by atoms with Crippen LogP contribution in [0, 0.1) is 20.8 Å². The number of methoxy groups -OCH3 is 1. The van der Waals surface area contributed by atoms with Gasteiger partial charge in [0.2, 0.25) is 0 Å². The third-order valence-electron chi connectivity index (χ3n) is 6.32. The van der Waals surface area contributed by atoms with Gasteiger partial charge in [-0.05, 0) is 74.4 Å². The minimum Gasteiger partial charge on any atom is -0.497 e. The largest absolute Gasteiger partial charge is 0.497 e. The zero-order valence-electron chi connectivity index (χ0n) is 20.5. The maximum absolute atomic E-state index is 13.5. The quantitative estimate of drug-likeness (QED) is 0.339. The van der Waals surface area contributed by atoms with Gasteiger partial charge in [-0.1, -0.05) is 24.3 Å². The lowest BCUT2D eigenvalue weighted by molar-refractivity contribution is 0.415. The van der Waals surface area contributed by atoms with E-state index in [9.17, 15) is 4.79 Å². The summed E-state index contributed by atoms with van der Waals surface area (Å²) in [5, 5.41) is 1.59. The average molecular weight is 466 g/mol. The van der Waals surface area contributed by atoms with E-state index in [1.165, 1.54) is 0 Å². The predicted octanol–water partition coefficient (Wildman–Crippen LogP) is 5.76. The number of hydrogen-bond donors (Lipinski definition) is 0. The first kappa shape index (κ1) is 22.5. The van der Waals surface area contributed by atoms with Crippen molar-refractivity contribution < 1.29 is 9.15 Å². The molecule has 5 rings (SSSR count). The van der Waals surface area contributed by atoms with Crippen LogP contribution in [-0.2, 0) is 7.05 Å². The Morgan fingerprint density at radius 1 is 0.914 bits per heavy atom. The number of nitrogens with zero attached hydrogens (tertiary/aromatic N) is 3. The van der Waals surface area contributed by atoms with E-state index in [1.54, 1.807) is 11.8 Å². The molecule has 0 aliphatic heterocycles. The topological polar surface area (TPSA) is 61.7 Å². The third-order valence-corrected chi connectivity index (χ3v) is 6.32. The van der Waals surface area contributed by atoms with Crippen LogP contribution in [0.5, 0.6) is 5.75 Å². The van der Waals surface area contributed by atoms with Crippen LogP contribution in [0.1, 0.15) is 16.8 Å². The minimum absolute atomic E-state index is 0.166. The molecule has 0 radical (unpaired) electrons. The molecule has 35 heavy (non-hydrogen) atoms. The summed E-state index contributed by atoms with van der Waals surface area (Å²) in [6.07, 6.45) is 0. The summed E-state index contributed by atoms with van der Waals surface area (Å²) < 4.78 is 15.1. The molecule has 0 N–H and O–H groups in total. The molecule has 0 saturated heterocycles. The Balaban J connectivity index is 1.81. The highest BCUT2D eigenvalue weighted by Crippen LogP contribution is 2.27. The van der Waals surface area contributed by atoms with Crippen molar-refractivity contribution in [2.75, 3.05) is 7.11 Å². The van der Waals surface area contributed by atoms with Crippen LogP contribution in [0.15, 0.2) is 87.0 Å². The zero-order chi connectivity index (χ0) is 24.7. The van der Waals surface area contributed by atoms with Gasteiger partial charge in [0.05, 0.1) is 23.8 Å². The first-order chi connectivity index (χ1) is 16.9. The van der Waals surface area contributed by atoms with Crippen LogP contribution in [0.3, 0.4) is 0 Å². The van der Waals surface area contributed by atoms with E-state index in [-0.39, 0.29) is 5.56 Å². The molecule has 0 amide bonds. The fourth-order valence-corrected chi connectivity index (χ4v) is 4.47. The zero-order valence-corrected chi connectivity index (χ0v) is 20.5. The molecule has 0 bridgehead atoms. The molecule has 6 heteroatoms. The van der Waals surface area contributed by atoms with Gasteiger partial charge in [0, 0.05) is 24.1 Å². The lowest BCUT2D eigenvalue weighted by atomic mass is 10.0. The number of rotatable bonds is 4. The van der Waals surface area contributed by atoms with Crippen LogP contribution < -0.4 is 15.7 Å². The summed E-state index contributed by atoms with van der Waals surface area (Å²) in [6, 6.07) is 23.3. The molecule has 0 aliphatic carbocycles.